The molecule has 0 N–H and O–H groups in total. The van der Waals surface area contributed by atoms with E-state index in [2.05, 4.69) is 0 Å². The third-order valence-electron chi connectivity index (χ3n) is 13.3. The summed E-state index contributed by atoms with van der Waals surface area (Å²) in [5.41, 5.74) is 6.05. The van der Waals surface area contributed by atoms with Crippen molar-refractivity contribution in [3.8, 4) is 0 Å². The lowest BCUT2D eigenvalue weighted by Crippen LogP contribution is -2.64. The molecule has 396 valence electrons. The van der Waals surface area contributed by atoms with Crippen LogP contribution in [-0.4, -0.2) is 86.7 Å². The summed E-state index contributed by atoms with van der Waals surface area (Å²) in [6, 6.07) is 65.8. The number of methoxy groups -OCH3 is 1. The van der Waals surface area contributed by atoms with Gasteiger partial charge in [-0.25, -0.2) is 0 Å². The van der Waals surface area contributed by atoms with Gasteiger partial charge in [0.05, 0.1) is 69.9 Å². The van der Waals surface area contributed by atoms with Gasteiger partial charge in [-0.3, -0.25) is 10.1 Å². The van der Waals surface area contributed by atoms with Crippen LogP contribution in [-0.2, 0) is 98.4 Å². The number of nitro benzene ring substituents is 1. The molecule has 0 unspecified atom stereocenters. The van der Waals surface area contributed by atoms with Crippen molar-refractivity contribution < 1.29 is 57.0 Å². The smallest absolute Gasteiger partial charge is 0.274 e. The summed E-state index contributed by atoms with van der Waals surface area (Å²) in [4.78, 5) is 11.6. The highest BCUT2D eigenvalue weighted by Gasteiger charge is 2.52. The second-order valence-electron chi connectivity index (χ2n) is 18.6. The molecule has 0 saturated carbocycles. The van der Waals surface area contributed by atoms with Gasteiger partial charge in [-0.1, -0.05) is 194 Å². The standard InChI is InChI=1S/C62H65NO13/c1-66-61-59(72-40-49-30-16-6-17-31-49)57(70-38-47-26-12-4-13-27-47)56(69-37-46-24-10-3-11-25-46)54(75-61)44-74-62-60(73-41-50-32-18-7-19-33-50)58(71-39-48-28-14-5-15-29-48)55(68-36-45-22-8-2-9-23-45)53(76-62)43-67-42-51-34-20-21-35-52(51)63(64)65/h2-35,53-62H,36-44H2,1H3/t53-,54-,55-,56-,57+,58+,59-,60-,61+,62+/m1/s1. The van der Waals surface area contributed by atoms with Crippen molar-refractivity contribution in [1.82, 2.24) is 0 Å². The van der Waals surface area contributed by atoms with Crippen molar-refractivity contribution in [2.24, 2.45) is 0 Å². The van der Waals surface area contributed by atoms with Crippen molar-refractivity contribution in [3.05, 3.63) is 255 Å². The Morgan fingerprint density at radius 2 is 0.684 bits per heavy atom. The molecule has 2 aliphatic heterocycles. The molecular formula is C62H65NO13. The highest BCUT2D eigenvalue weighted by molar-refractivity contribution is 5.39. The lowest BCUT2D eigenvalue weighted by Gasteiger charge is -2.48. The van der Waals surface area contributed by atoms with Gasteiger partial charge in [0.2, 0.25) is 0 Å². The highest BCUT2D eigenvalue weighted by Crippen LogP contribution is 2.35. The van der Waals surface area contributed by atoms with Crippen LogP contribution in [0.3, 0.4) is 0 Å². The fourth-order valence-corrected chi connectivity index (χ4v) is 9.37. The van der Waals surface area contributed by atoms with Gasteiger partial charge in [-0.2, -0.15) is 0 Å². The van der Waals surface area contributed by atoms with Crippen LogP contribution < -0.4 is 0 Å². The first-order valence-corrected chi connectivity index (χ1v) is 25.7. The number of rotatable bonds is 27. The van der Waals surface area contributed by atoms with Gasteiger partial charge in [0.15, 0.2) is 12.6 Å². The number of ether oxygens (including phenoxy) is 11. The van der Waals surface area contributed by atoms with Gasteiger partial charge >= 0.3 is 0 Å². The third kappa shape index (κ3) is 15.3. The molecule has 2 saturated heterocycles. The molecule has 14 heteroatoms. The first-order chi connectivity index (χ1) is 37.5. The van der Waals surface area contributed by atoms with Gasteiger partial charge in [-0.05, 0) is 39.4 Å². The average molecular weight is 1030 g/mol. The lowest BCUT2D eigenvalue weighted by molar-refractivity contribution is -0.386. The Hall–Kier alpha value is -6.50. The first-order valence-electron chi connectivity index (χ1n) is 25.7. The Morgan fingerprint density at radius 3 is 1.07 bits per heavy atom. The monoisotopic (exact) mass is 1030 g/mol. The number of benzene rings is 7. The number of para-hydroxylation sites is 1. The highest BCUT2D eigenvalue weighted by atomic mass is 16.8. The second kappa shape index (κ2) is 28.6. The summed E-state index contributed by atoms with van der Waals surface area (Å²) < 4.78 is 74.8. The van der Waals surface area contributed by atoms with Crippen molar-refractivity contribution in [3.63, 3.8) is 0 Å². The maximum Gasteiger partial charge on any atom is 0.274 e. The van der Waals surface area contributed by atoms with E-state index in [0.29, 0.717) is 5.56 Å². The minimum absolute atomic E-state index is 0.0479. The van der Waals surface area contributed by atoms with E-state index < -0.39 is 66.3 Å². The number of nitro groups is 1. The lowest BCUT2D eigenvalue weighted by atomic mass is 9.96. The second-order valence-corrected chi connectivity index (χ2v) is 18.6. The van der Waals surface area contributed by atoms with E-state index in [0.717, 1.165) is 33.4 Å². The van der Waals surface area contributed by atoms with E-state index in [1.807, 2.05) is 182 Å². The van der Waals surface area contributed by atoms with Crippen LogP contribution in [0.1, 0.15) is 38.9 Å². The molecule has 0 spiro atoms. The van der Waals surface area contributed by atoms with Crippen molar-refractivity contribution >= 4 is 5.69 Å². The molecule has 0 radical (unpaired) electrons. The molecule has 14 nitrogen and oxygen atoms in total. The largest absolute Gasteiger partial charge is 0.374 e. The Kier molecular flexibility index (Phi) is 20.4. The van der Waals surface area contributed by atoms with Gasteiger partial charge in [0.25, 0.3) is 5.69 Å². The predicted octanol–water partition coefficient (Wildman–Crippen LogP) is 10.7. The van der Waals surface area contributed by atoms with Crippen LogP contribution in [0.15, 0.2) is 206 Å². The summed E-state index contributed by atoms with van der Waals surface area (Å²) in [5, 5.41) is 12.1. The topological polar surface area (TPSA) is 145 Å². The van der Waals surface area contributed by atoms with Crippen molar-refractivity contribution in [1.29, 1.82) is 0 Å². The molecular weight excluding hydrogens is 967 g/mol. The van der Waals surface area contributed by atoms with Crippen LogP contribution in [0.2, 0.25) is 0 Å². The van der Waals surface area contributed by atoms with Crippen LogP contribution in [0.4, 0.5) is 5.69 Å². The molecule has 7 aromatic rings. The Morgan fingerprint density at radius 1 is 0.368 bits per heavy atom. The van der Waals surface area contributed by atoms with Crippen LogP contribution in [0.5, 0.6) is 0 Å². The Balaban J connectivity index is 1.06. The molecule has 76 heavy (non-hydrogen) atoms. The molecule has 0 amide bonds. The van der Waals surface area contributed by atoms with Crippen LogP contribution >= 0.6 is 0 Å². The maximum absolute atomic E-state index is 12.1. The molecule has 0 aliphatic carbocycles. The molecule has 2 aliphatic rings. The summed E-state index contributed by atoms with van der Waals surface area (Å²) >= 11 is 0. The van der Waals surface area contributed by atoms with E-state index in [9.17, 15) is 10.1 Å². The third-order valence-corrected chi connectivity index (χ3v) is 13.3. The van der Waals surface area contributed by atoms with Gasteiger partial charge in [0.1, 0.15) is 48.8 Å². The van der Waals surface area contributed by atoms with E-state index in [4.69, 9.17) is 52.1 Å². The average Bonchev–Trinajstić information content (AvgIpc) is 3.47. The van der Waals surface area contributed by atoms with Crippen molar-refractivity contribution in [2.45, 2.75) is 108 Å². The molecule has 0 aromatic heterocycles. The SMILES string of the molecule is CO[C@H]1O[C@H](CO[C@H]2O[C@H](COCc3ccccc3[N+](=O)[O-])[C@@H](OCc3ccccc3)[C@H](OCc3ccccc3)[C@H]2OCc2ccccc2)[C@@H](OCc2ccccc2)[C@H](OCc2ccccc2)[C@H]1OCc1ccccc1. The number of hydrogen-bond acceptors (Lipinski definition) is 13. The van der Waals surface area contributed by atoms with Crippen LogP contribution in [0, 0.1) is 10.1 Å². The minimum Gasteiger partial charge on any atom is -0.374 e. The summed E-state index contributed by atoms with van der Waals surface area (Å²) in [6.07, 6.45) is -8.40. The summed E-state index contributed by atoms with van der Waals surface area (Å²) in [7, 11) is 1.58. The maximum atomic E-state index is 12.1. The molecule has 2 fully saturated rings. The molecule has 2 heterocycles. The van der Waals surface area contributed by atoms with Crippen molar-refractivity contribution in [2.75, 3.05) is 20.3 Å². The zero-order chi connectivity index (χ0) is 52.2. The molecule has 9 rings (SSSR count). The van der Waals surface area contributed by atoms with Crippen LogP contribution in [0.25, 0.3) is 0 Å². The Labute approximate surface area is 444 Å². The molecule has 7 aromatic carbocycles. The molecule has 10 atom stereocenters. The normalized spacial score (nSPS) is 23.5. The fourth-order valence-electron chi connectivity index (χ4n) is 9.37. The quantitative estimate of drug-likeness (QED) is 0.0356. The summed E-state index contributed by atoms with van der Waals surface area (Å²) in [6.45, 7) is 1.16. The zero-order valence-electron chi connectivity index (χ0n) is 42.5. The minimum atomic E-state index is -1.11. The first kappa shape index (κ1) is 54.3. The summed E-state index contributed by atoms with van der Waals surface area (Å²) in [5.74, 6) is 0. The van der Waals surface area contributed by atoms with Gasteiger partial charge in [0, 0.05) is 13.2 Å². The molecule has 0 bridgehead atoms. The zero-order valence-corrected chi connectivity index (χ0v) is 42.5. The van der Waals surface area contributed by atoms with Gasteiger partial charge in [-0.15, -0.1) is 0 Å². The van der Waals surface area contributed by atoms with Gasteiger partial charge < -0.3 is 52.1 Å². The van der Waals surface area contributed by atoms with E-state index in [1.165, 1.54) is 6.07 Å². The van der Waals surface area contributed by atoms with E-state index >= 15 is 0 Å². The predicted molar refractivity (Wildman–Crippen MR) is 283 cm³/mol. The van der Waals surface area contributed by atoms with E-state index in [1.54, 1.807) is 25.3 Å². The number of hydrogen-bond donors (Lipinski definition) is 0. The number of nitrogens with zero attached hydrogens (tertiary/aromatic N) is 1. The Bertz CT molecular complexity index is 2750. The van der Waals surface area contributed by atoms with E-state index in [-0.39, 0.29) is 65.1 Å². The fraction of sp³-hybridized carbons (Fsp3) is 0.323.